The molecular weight excluding hydrogens is 241 g/mol. The minimum absolute atomic E-state index is 0.0353. The molecule has 5 nitrogen and oxygen atoms in total. The van der Waals surface area contributed by atoms with E-state index in [1.54, 1.807) is 13.8 Å². The van der Waals surface area contributed by atoms with Crippen molar-refractivity contribution in [2.75, 3.05) is 13.2 Å². The largest absolute Gasteiger partial charge is 0.355 e. The summed E-state index contributed by atoms with van der Waals surface area (Å²) in [5.74, 6) is 1.23. The van der Waals surface area contributed by atoms with Gasteiger partial charge < -0.3 is 14.4 Å². The number of rotatable bonds is 7. The van der Waals surface area contributed by atoms with Gasteiger partial charge in [0.15, 0.2) is 0 Å². The average Bonchev–Trinajstić information content (AvgIpc) is 2.16. The fourth-order valence-corrected chi connectivity index (χ4v) is 2.82. The summed E-state index contributed by atoms with van der Waals surface area (Å²) in [7, 11) is -3.26. The highest BCUT2D eigenvalue weighted by atomic mass is 31.2. The first-order chi connectivity index (χ1) is 7.84. The Bertz CT molecular complexity index is 315. The van der Waals surface area contributed by atoms with Gasteiger partial charge in [-0.1, -0.05) is 13.8 Å². The van der Waals surface area contributed by atoms with Crippen LogP contribution in [0, 0.1) is 5.92 Å². The molecule has 0 bridgehead atoms. The smallest absolute Gasteiger partial charge is 0.329 e. The normalized spacial score (nSPS) is 12.9. The average molecular weight is 263 g/mol. The molecule has 0 spiro atoms. The molecule has 0 aliphatic heterocycles. The van der Waals surface area contributed by atoms with E-state index in [-0.39, 0.29) is 11.8 Å². The van der Waals surface area contributed by atoms with Gasteiger partial charge in [-0.15, -0.1) is 0 Å². The van der Waals surface area contributed by atoms with E-state index in [1.807, 2.05) is 13.8 Å². The van der Waals surface area contributed by atoms with Crippen molar-refractivity contribution in [3.8, 4) is 0 Å². The Balaban J connectivity index is 5.07. The van der Waals surface area contributed by atoms with Crippen LogP contribution in [-0.2, 0) is 18.4 Å². The van der Waals surface area contributed by atoms with Crippen LogP contribution in [0.25, 0.3) is 0 Å². The SMILES string of the molecule is CCOP(=O)(/C=C(/NC(C)=O)C(C)C)OCC. The van der Waals surface area contributed by atoms with E-state index >= 15 is 0 Å². The van der Waals surface area contributed by atoms with E-state index in [0.29, 0.717) is 18.9 Å². The van der Waals surface area contributed by atoms with Crippen molar-refractivity contribution < 1.29 is 18.4 Å². The first kappa shape index (κ1) is 16.4. The predicted molar refractivity (Wildman–Crippen MR) is 67.6 cm³/mol. The third-order valence-corrected chi connectivity index (χ3v) is 3.69. The van der Waals surface area contributed by atoms with Crippen molar-refractivity contribution in [1.82, 2.24) is 5.32 Å². The van der Waals surface area contributed by atoms with E-state index in [4.69, 9.17) is 9.05 Å². The predicted octanol–water partition coefficient (Wildman–Crippen LogP) is 2.89. The van der Waals surface area contributed by atoms with Gasteiger partial charge in [-0.05, 0) is 19.8 Å². The number of hydrogen-bond donors (Lipinski definition) is 1. The zero-order valence-electron chi connectivity index (χ0n) is 11.1. The zero-order valence-corrected chi connectivity index (χ0v) is 12.0. The number of hydrogen-bond acceptors (Lipinski definition) is 4. The van der Waals surface area contributed by atoms with Gasteiger partial charge in [0.1, 0.15) is 0 Å². The molecule has 0 aromatic rings. The highest BCUT2D eigenvalue weighted by Gasteiger charge is 2.22. The van der Waals surface area contributed by atoms with Gasteiger partial charge in [-0.25, -0.2) is 0 Å². The van der Waals surface area contributed by atoms with Crippen LogP contribution in [0.4, 0.5) is 0 Å². The third-order valence-electron chi connectivity index (χ3n) is 1.86. The summed E-state index contributed by atoms with van der Waals surface area (Å²) in [6, 6.07) is 0. The Morgan fingerprint density at radius 3 is 2.06 bits per heavy atom. The highest BCUT2D eigenvalue weighted by molar-refractivity contribution is 7.57. The Kier molecular flexibility index (Phi) is 7.35. The van der Waals surface area contributed by atoms with Gasteiger partial charge in [0.25, 0.3) is 0 Å². The minimum Gasteiger partial charge on any atom is -0.329 e. The monoisotopic (exact) mass is 263 g/mol. The molecule has 0 aliphatic rings. The molecule has 0 radical (unpaired) electrons. The number of nitrogens with one attached hydrogen (secondary N) is 1. The fraction of sp³-hybridized carbons (Fsp3) is 0.727. The molecule has 17 heavy (non-hydrogen) atoms. The molecule has 1 amide bonds. The molecule has 0 saturated heterocycles. The number of amides is 1. The van der Waals surface area contributed by atoms with Crippen molar-refractivity contribution in [3.63, 3.8) is 0 Å². The summed E-state index contributed by atoms with van der Waals surface area (Å²) in [5, 5.41) is 2.64. The molecule has 0 unspecified atom stereocenters. The standard InChI is InChI=1S/C11H22NO4P/c1-6-15-17(14,16-7-2)8-11(9(3)4)12-10(5)13/h8-9H,6-7H2,1-5H3,(H,12,13)/b11-8+. The van der Waals surface area contributed by atoms with Crippen LogP contribution in [0.15, 0.2) is 11.5 Å². The van der Waals surface area contributed by atoms with Crippen molar-refractivity contribution >= 4 is 13.5 Å². The molecule has 0 aliphatic carbocycles. The molecular formula is C11H22NO4P. The Morgan fingerprint density at radius 1 is 1.29 bits per heavy atom. The summed E-state index contributed by atoms with van der Waals surface area (Å²) in [5.41, 5.74) is 0.558. The quantitative estimate of drug-likeness (QED) is 0.717. The third kappa shape index (κ3) is 6.61. The summed E-state index contributed by atoms with van der Waals surface area (Å²) in [6.45, 7) is 9.26. The van der Waals surface area contributed by atoms with E-state index in [1.165, 1.54) is 12.7 Å². The lowest BCUT2D eigenvalue weighted by molar-refractivity contribution is -0.118. The van der Waals surface area contributed by atoms with Gasteiger partial charge in [-0.3, -0.25) is 9.36 Å². The number of allylic oxidation sites excluding steroid dienone is 1. The number of carbonyl (C=O) groups is 1. The van der Waals surface area contributed by atoms with Crippen LogP contribution >= 0.6 is 7.60 Å². The van der Waals surface area contributed by atoms with Crippen LogP contribution in [0.1, 0.15) is 34.6 Å². The van der Waals surface area contributed by atoms with Crippen LogP contribution in [0.3, 0.4) is 0 Å². The molecule has 0 rings (SSSR count). The molecule has 1 N–H and O–H groups in total. The van der Waals surface area contributed by atoms with Crippen molar-refractivity contribution in [2.45, 2.75) is 34.6 Å². The summed E-state index contributed by atoms with van der Waals surface area (Å²) < 4.78 is 22.5. The molecule has 0 atom stereocenters. The highest BCUT2D eigenvalue weighted by Crippen LogP contribution is 2.50. The van der Waals surface area contributed by atoms with Crippen LogP contribution in [0.2, 0.25) is 0 Å². The van der Waals surface area contributed by atoms with Crippen LogP contribution in [-0.4, -0.2) is 19.1 Å². The molecule has 0 aromatic heterocycles. The Labute approximate surface area is 103 Å². The maximum absolute atomic E-state index is 12.2. The van der Waals surface area contributed by atoms with Crippen molar-refractivity contribution in [2.24, 2.45) is 5.92 Å². The lowest BCUT2D eigenvalue weighted by atomic mass is 10.1. The summed E-state index contributed by atoms with van der Waals surface area (Å²) in [6.07, 6.45) is 0. The lowest BCUT2D eigenvalue weighted by Crippen LogP contribution is -2.22. The van der Waals surface area contributed by atoms with Gasteiger partial charge in [-0.2, -0.15) is 0 Å². The van der Waals surface area contributed by atoms with Gasteiger partial charge in [0.2, 0.25) is 5.91 Å². The van der Waals surface area contributed by atoms with E-state index in [2.05, 4.69) is 5.32 Å². The second-order valence-corrected chi connectivity index (χ2v) is 5.65. The molecule has 0 aromatic carbocycles. The van der Waals surface area contributed by atoms with Crippen LogP contribution in [0.5, 0.6) is 0 Å². The Hall–Kier alpha value is -0.640. The zero-order chi connectivity index (χ0) is 13.5. The van der Waals surface area contributed by atoms with E-state index < -0.39 is 7.60 Å². The summed E-state index contributed by atoms with van der Waals surface area (Å²) >= 11 is 0. The van der Waals surface area contributed by atoms with Crippen molar-refractivity contribution in [1.29, 1.82) is 0 Å². The number of carbonyl (C=O) groups excluding carboxylic acids is 1. The van der Waals surface area contributed by atoms with E-state index in [9.17, 15) is 9.36 Å². The molecule has 100 valence electrons. The van der Waals surface area contributed by atoms with E-state index in [0.717, 1.165) is 0 Å². The molecule has 0 saturated carbocycles. The van der Waals surface area contributed by atoms with Crippen LogP contribution < -0.4 is 5.32 Å². The minimum atomic E-state index is -3.26. The van der Waals surface area contributed by atoms with Gasteiger partial charge in [0.05, 0.1) is 13.2 Å². The second-order valence-electron chi connectivity index (χ2n) is 3.80. The molecule has 0 fully saturated rings. The topological polar surface area (TPSA) is 64.6 Å². The summed E-state index contributed by atoms with van der Waals surface area (Å²) in [4.78, 5) is 11.0. The van der Waals surface area contributed by atoms with Gasteiger partial charge >= 0.3 is 7.60 Å². The second kappa shape index (κ2) is 7.64. The molecule has 0 heterocycles. The first-order valence-electron chi connectivity index (χ1n) is 5.73. The first-order valence-corrected chi connectivity index (χ1v) is 7.35. The maximum atomic E-state index is 12.2. The lowest BCUT2D eigenvalue weighted by Gasteiger charge is -2.17. The molecule has 6 heteroatoms. The van der Waals surface area contributed by atoms with Gasteiger partial charge in [0, 0.05) is 18.4 Å². The maximum Gasteiger partial charge on any atom is 0.355 e. The Morgan fingerprint density at radius 2 is 1.76 bits per heavy atom. The fourth-order valence-electron chi connectivity index (χ4n) is 1.17. The van der Waals surface area contributed by atoms with Crippen molar-refractivity contribution in [3.05, 3.63) is 11.5 Å².